The van der Waals surface area contributed by atoms with Gasteiger partial charge < -0.3 is 9.84 Å². The van der Waals surface area contributed by atoms with Gasteiger partial charge in [0, 0.05) is 0 Å². The van der Waals surface area contributed by atoms with Crippen LogP contribution < -0.4 is 0 Å². The van der Waals surface area contributed by atoms with E-state index in [0.717, 1.165) is 0 Å². The fourth-order valence-corrected chi connectivity index (χ4v) is 2.22. The number of aliphatic hydroxyl groups is 1. The molecule has 1 aliphatic rings. The number of ether oxygens (including phenoxy) is 1. The van der Waals surface area contributed by atoms with Gasteiger partial charge in [-0.3, -0.25) is 0 Å². The zero-order valence-corrected chi connectivity index (χ0v) is 8.01. The second-order valence-electron chi connectivity index (χ2n) is 4.25. The molecule has 2 nitrogen and oxygen atoms in total. The van der Waals surface area contributed by atoms with Crippen LogP contribution >= 0.6 is 0 Å². The maximum absolute atomic E-state index is 10.2. The standard InChI is InChI=1S/C9H18O2/c1-6(2)9(10)7(3)11-8(9,4)5/h6-7,10H,1-5H3/t7-,9+/m1/s1. The van der Waals surface area contributed by atoms with Crippen LogP contribution in [0.1, 0.15) is 34.6 Å². The van der Waals surface area contributed by atoms with Gasteiger partial charge in [-0.05, 0) is 26.7 Å². The summed E-state index contributed by atoms with van der Waals surface area (Å²) in [4.78, 5) is 0. The minimum atomic E-state index is -0.646. The van der Waals surface area contributed by atoms with Crippen molar-refractivity contribution in [2.75, 3.05) is 0 Å². The highest BCUT2D eigenvalue weighted by Crippen LogP contribution is 2.46. The van der Waals surface area contributed by atoms with Crippen molar-refractivity contribution in [3.63, 3.8) is 0 Å². The molecule has 1 saturated heterocycles. The van der Waals surface area contributed by atoms with Crippen molar-refractivity contribution in [2.45, 2.75) is 51.9 Å². The molecule has 0 aliphatic carbocycles. The maximum atomic E-state index is 10.2. The predicted molar refractivity (Wildman–Crippen MR) is 44.4 cm³/mol. The Kier molecular flexibility index (Phi) is 1.81. The van der Waals surface area contributed by atoms with E-state index in [0.29, 0.717) is 0 Å². The summed E-state index contributed by atoms with van der Waals surface area (Å²) in [5.74, 6) is 0.251. The molecule has 0 amide bonds. The van der Waals surface area contributed by atoms with Gasteiger partial charge in [-0.1, -0.05) is 13.8 Å². The van der Waals surface area contributed by atoms with Crippen molar-refractivity contribution in [2.24, 2.45) is 5.92 Å². The molecule has 0 aromatic carbocycles. The summed E-state index contributed by atoms with van der Waals surface area (Å²) in [6, 6.07) is 0. The molecule has 0 radical (unpaired) electrons. The van der Waals surface area contributed by atoms with Crippen molar-refractivity contribution < 1.29 is 9.84 Å². The summed E-state index contributed by atoms with van der Waals surface area (Å²) < 4.78 is 5.45. The minimum Gasteiger partial charge on any atom is -0.384 e. The fourth-order valence-electron chi connectivity index (χ4n) is 2.22. The Morgan fingerprint density at radius 1 is 1.36 bits per heavy atom. The van der Waals surface area contributed by atoms with Crippen LogP contribution in [0.2, 0.25) is 0 Å². The molecule has 1 aliphatic heterocycles. The van der Waals surface area contributed by atoms with Gasteiger partial charge in [0.15, 0.2) is 0 Å². The Morgan fingerprint density at radius 3 is 1.91 bits per heavy atom. The molecule has 1 N–H and O–H groups in total. The van der Waals surface area contributed by atoms with E-state index in [1.165, 1.54) is 0 Å². The molecule has 1 fully saturated rings. The van der Waals surface area contributed by atoms with Crippen LogP contribution in [-0.4, -0.2) is 22.4 Å². The smallest absolute Gasteiger partial charge is 0.121 e. The Morgan fingerprint density at radius 2 is 1.82 bits per heavy atom. The molecule has 1 heterocycles. The number of rotatable bonds is 1. The third kappa shape index (κ3) is 0.926. The third-order valence-electron chi connectivity index (χ3n) is 2.94. The Balaban J connectivity index is 2.83. The van der Waals surface area contributed by atoms with E-state index in [4.69, 9.17) is 4.74 Å². The van der Waals surface area contributed by atoms with Crippen molar-refractivity contribution >= 4 is 0 Å². The SMILES string of the molecule is CC(C)[C@]1(O)[C@@H](C)OC1(C)C. The van der Waals surface area contributed by atoms with Crippen molar-refractivity contribution in [1.29, 1.82) is 0 Å². The average molecular weight is 158 g/mol. The molecule has 11 heavy (non-hydrogen) atoms. The van der Waals surface area contributed by atoms with E-state index in [1.807, 2.05) is 34.6 Å². The molecule has 1 rings (SSSR count). The van der Waals surface area contributed by atoms with Crippen LogP contribution in [0.15, 0.2) is 0 Å². The Hall–Kier alpha value is -0.0800. The molecule has 0 aromatic heterocycles. The molecule has 0 spiro atoms. The van der Waals surface area contributed by atoms with Crippen molar-refractivity contribution in [3.05, 3.63) is 0 Å². The van der Waals surface area contributed by atoms with Gasteiger partial charge in [-0.25, -0.2) is 0 Å². The lowest BCUT2D eigenvalue weighted by molar-refractivity contribution is -0.347. The quantitative estimate of drug-likeness (QED) is 0.627. The normalized spacial score (nSPS) is 42.3. The van der Waals surface area contributed by atoms with Gasteiger partial charge in [-0.2, -0.15) is 0 Å². The fraction of sp³-hybridized carbons (Fsp3) is 1.00. The second kappa shape index (κ2) is 2.20. The maximum Gasteiger partial charge on any atom is 0.121 e. The molecule has 0 unspecified atom stereocenters. The highest BCUT2D eigenvalue weighted by molar-refractivity contribution is 5.09. The topological polar surface area (TPSA) is 29.5 Å². The minimum absolute atomic E-state index is 0.0301. The van der Waals surface area contributed by atoms with Gasteiger partial charge in [0.2, 0.25) is 0 Å². The molecule has 66 valence electrons. The van der Waals surface area contributed by atoms with Crippen LogP contribution in [0.5, 0.6) is 0 Å². The average Bonchev–Trinajstić information content (AvgIpc) is 1.85. The zero-order valence-electron chi connectivity index (χ0n) is 8.01. The predicted octanol–water partition coefficient (Wildman–Crippen LogP) is 1.57. The van der Waals surface area contributed by atoms with Gasteiger partial charge in [0.05, 0.1) is 11.7 Å². The Bertz CT molecular complexity index is 156. The first-order chi connectivity index (χ1) is 4.82. The lowest BCUT2D eigenvalue weighted by atomic mass is 9.68. The summed E-state index contributed by atoms with van der Waals surface area (Å²) in [5.41, 5.74) is -1.02. The van der Waals surface area contributed by atoms with E-state index in [1.54, 1.807) is 0 Å². The van der Waals surface area contributed by atoms with Gasteiger partial charge in [0.25, 0.3) is 0 Å². The van der Waals surface area contributed by atoms with Crippen LogP contribution in [0.25, 0.3) is 0 Å². The summed E-state index contributed by atoms with van der Waals surface area (Å²) in [6.07, 6.45) is -0.0301. The summed E-state index contributed by atoms with van der Waals surface area (Å²) in [6.45, 7) is 9.85. The molecule has 2 heteroatoms. The van der Waals surface area contributed by atoms with E-state index in [2.05, 4.69) is 0 Å². The monoisotopic (exact) mass is 158 g/mol. The molecule has 2 atom stereocenters. The molecule has 0 saturated carbocycles. The third-order valence-corrected chi connectivity index (χ3v) is 2.94. The highest BCUT2D eigenvalue weighted by atomic mass is 16.6. The summed E-state index contributed by atoms with van der Waals surface area (Å²) in [7, 11) is 0. The first-order valence-corrected chi connectivity index (χ1v) is 4.22. The van der Waals surface area contributed by atoms with E-state index >= 15 is 0 Å². The van der Waals surface area contributed by atoms with E-state index in [9.17, 15) is 5.11 Å². The van der Waals surface area contributed by atoms with E-state index < -0.39 is 5.60 Å². The largest absolute Gasteiger partial charge is 0.384 e. The summed E-state index contributed by atoms with van der Waals surface area (Å²) >= 11 is 0. The molecule has 0 aromatic rings. The molecular weight excluding hydrogens is 140 g/mol. The molecule has 0 bridgehead atoms. The van der Waals surface area contributed by atoms with Gasteiger partial charge in [0.1, 0.15) is 5.60 Å². The van der Waals surface area contributed by atoms with Crippen molar-refractivity contribution in [3.8, 4) is 0 Å². The Labute approximate surface area is 68.6 Å². The number of hydrogen-bond donors (Lipinski definition) is 1. The molecular formula is C9H18O2. The second-order valence-corrected chi connectivity index (χ2v) is 4.25. The number of hydrogen-bond acceptors (Lipinski definition) is 2. The van der Waals surface area contributed by atoms with Gasteiger partial charge >= 0.3 is 0 Å². The van der Waals surface area contributed by atoms with Crippen LogP contribution in [0, 0.1) is 5.92 Å². The van der Waals surface area contributed by atoms with E-state index in [-0.39, 0.29) is 17.6 Å². The first kappa shape index (κ1) is 9.01. The highest BCUT2D eigenvalue weighted by Gasteiger charge is 2.60. The first-order valence-electron chi connectivity index (χ1n) is 4.22. The van der Waals surface area contributed by atoms with Crippen LogP contribution in [-0.2, 0) is 4.74 Å². The van der Waals surface area contributed by atoms with Crippen molar-refractivity contribution in [1.82, 2.24) is 0 Å². The van der Waals surface area contributed by atoms with Crippen LogP contribution in [0.4, 0.5) is 0 Å². The summed E-state index contributed by atoms with van der Waals surface area (Å²) in [5, 5.41) is 10.2. The lowest BCUT2D eigenvalue weighted by Crippen LogP contribution is -2.73. The van der Waals surface area contributed by atoms with Gasteiger partial charge in [-0.15, -0.1) is 0 Å². The zero-order chi connectivity index (χ0) is 8.86. The van der Waals surface area contributed by atoms with Crippen LogP contribution in [0.3, 0.4) is 0 Å². The lowest BCUT2D eigenvalue weighted by Gasteiger charge is -2.59.